The Kier molecular flexibility index (Phi) is 4.78. The van der Waals surface area contributed by atoms with Crippen molar-refractivity contribution in [2.45, 2.75) is 13.8 Å². The van der Waals surface area contributed by atoms with Crippen LogP contribution < -0.4 is 10.2 Å². The number of benzene rings is 2. The third-order valence-electron chi connectivity index (χ3n) is 3.31. The number of carbonyl (C=O) groups is 1. The van der Waals surface area contributed by atoms with E-state index in [0.717, 1.165) is 5.56 Å². The van der Waals surface area contributed by atoms with E-state index in [1.54, 1.807) is 31.2 Å². The quantitative estimate of drug-likeness (QED) is 0.673. The molecule has 0 aliphatic carbocycles. The zero-order valence-corrected chi connectivity index (χ0v) is 12.8. The van der Waals surface area contributed by atoms with Crippen LogP contribution in [0.25, 0.3) is 0 Å². The van der Waals surface area contributed by atoms with Gasteiger partial charge in [-0.15, -0.1) is 0 Å². The molecule has 0 spiro atoms. The van der Waals surface area contributed by atoms with Crippen molar-refractivity contribution in [3.05, 3.63) is 59.2 Å². The molecule has 2 N–H and O–H groups in total. The Morgan fingerprint density at radius 1 is 1.18 bits per heavy atom. The maximum atomic E-state index is 12.1. The van der Waals surface area contributed by atoms with Gasteiger partial charge in [0.1, 0.15) is 11.5 Å². The van der Waals surface area contributed by atoms with E-state index in [2.05, 4.69) is 10.5 Å². The number of hydrazone groups is 1. The fourth-order valence-electron chi connectivity index (χ4n) is 2.03. The summed E-state index contributed by atoms with van der Waals surface area (Å²) in [6.45, 7) is 3.57. The van der Waals surface area contributed by atoms with Crippen LogP contribution in [0.3, 0.4) is 0 Å². The Balaban J connectivity index is 2.16. The molecule has 5 heteroatoms. The van der Waals surface area contributed by atoms with Crippen LogP contribution in [0.5, 0.6) is 11.5 Å². The molecular weight excluding hydrogens is 280 g/mol. The molecule has 0 bridgehead atoms. The Morgan fingerprint density at radius 3 is 2.55 bits per heavy atom. The molecule has 114 valence electrons. The predicted octanol–water partition coefficient (Wildman–Crippen LogP) is 2.86. The number of aromatic hydroxyl groups is 1. The number of aryl methyl sites for hydroxylation is 1. The molecule has 0 aliphatic heterocycles. The molecule has 22 heavy (non-hydrogen) atoms. The van der Waals surface area contributed by atoms with Gasteiger partial charge in [0, 0.05) is 17.2 Å². The van der Waals surface area contributed by atoms with Crippen molar-refractivity contribution in [3.63, 3.8) is 0 Å². The number of nitrogens with one attached hydrogen (secondary N) is 1. The van der Waals surface area contributed by atoms with Gasteiger partial charge in [0.25, 0.3) is 5.91 Å². The second-order valence-corrected chi connectivity index (χ2v) is 4.84. The summed E-state index contributed by atoms with van der Waals surface area (Å²) in [5.74, 6) is 0.314. The van der Waals surface area contributed by atoms with Gasteiger partial charge >= 0.3 is 0 Å². The number of nitrogens with zero attached hydrogens (tertiary/aromatic N) is 1. The zero-order chi connectivity index (χ0) is 16.1. The van der Waals surface area contributed by atoms with Gasteiger partial charge in [0.05, 0.1) is 12.8 Å². The minimum atomic E-state index is -0.287. The monoisotopic (exact) mass is 298 g/mol. The molecule has 0 atom stereocenters. The Labute approximate surface area is 129 Å². The van der Waals surface area contributed by atoms with E-state index in [1.807, 2.05) is 19.1 Å². The molecule has 0 heterocycles. The van der Waals surface area contributed by atoms with Gasteiger partial charge in [0.2, 0.25) is 0 Å². The molecule has 2 rings (SSSR count). The maximum absolute atomic E-state index is 12.1. The van der Waals surface area contributed by atoms with Crippen molar-refractivity contribution >= 4 is 11.6 Å². The smallest absolute Gasteiger partial charge is 0.271 e. The number of rotatable bonds is 4. The highest BCUT2D eigenvalue weighted by Gasteiger charge is 2.09. The summed E-state index contributed by atoms with van der Waals surface area (Å²) in [5, 5.41) is 14.0. The minimum absolute atomic E-state index is 0.0470. The van der Waals surface area contributed by atoms with Gasteiger partial charge in [-0.05, 0) is 37.6 Å². The maximum Gasteiger partial charge on any atom is 0.271 e. The molecule has 0 saturated heterocycles. The first-order valence-electron chi connectivity index (χ1n) is 6.80. The van der Waals surface area contributed by atoms with Crippen molar-refractivity contribution < 1.29 is 14.6 Å². The Morgan fingerprint density at radius 2 is 1.91 bits per heavy atom. The van der Waals surface area contributed by atoms with Gasteiger partial charge < -0.3 is 9.84 Å². The molecule has 1 amide bonds. The molecule has 0 aliphatic rings. The average molecular weight is 298 g/mol. The van der Waals surface area contributed by atoms with Crippen LogP contribution in [0.4, 0.5) is 0 Å². The van der Waals surface area contributed by atoms with Gasteiger partial charge in [0.15, 0.2) is 0 Å². The molecular formula is C17H18N2O3. The van der Waals surface area contributed by atoms with Crippen LogP contribution in [0.15, 0.2) is 47.6 Å². The molecule has 0 unspecified atom stereocenters. The molecule has 2 aromatic carbocycles. The standard InChI is InChI=1S/C17H18N2O3/c1-11-6-4-5-7-14(11)17(21)19-18-12(2)15-9-8-13(22-3)10-16(15)20/h4-10,20H,1-3H3,(H,19,21). The lowest BCUT2D eigenvalue weighted by Gasteiger charge is -2.08. The van der Waals surface area contributed by atoms with Crippen LogP contribution in [0.1, 0.15) is 28.4 Å². The van der Waals surface area contributed by atoms with E-state index in [9.17, 15) is 9.90 Å². The summed E-state index contributed by atoms with van der Waals surface area (Å²) in [6.07, 6.45) is 0. The van der Waals surface area contributed by atoms with Gasteiger partial charge in [-0.2, -0.15) is 5.10 Å². The summed E-state index contributed by atoms with van der Waals surface area (Å²) in [6, 6.07) is 12.2. The Bertz CT molecular complexity index is 724. The largest absolute Gasteiger partial charge is 0.507 e. The highest BCUT2D eigenvalue weighted by Crippen LogP contribution is 2.23. The number of ether oxygens (including phenoxy) is 1. The van der Waals surface area contributed by atoms with Crippen molar-refractivity contribution in [3.8, 4) is 11.5 Å². The first kappa shape index (κ1) is 15.6. The highest BCUT2D eigenvalue weighted by molar-refractivity contribution is 6.03. The van der Waals surface area contributed by atoms with E-state index >= 15 is 0 Å². The number of methoxy groups -OCH3 is 1. The summed E-state index contributed by atoms with van der Waals surface area (Å²) >= 11 is 0. The topological polar surface area (TPSA) is 70.9 Å². The van der Waals surface area contributed by atoms with E-state index in [1.165, 1.54) is 13.2 Å². The van der Waals surface area contributed by atoms with Crippen LogP contribution in [0, 0.1) is 6.92 Å². The van der Waals surface area contributed by atoms with E-state index < -0.39 is 0 Å². The summed E-state index contributed by atoms with van der Waals surface area (Å²) in [5.41, 5.74) is 4.98. The Hall–Kier alpha value is -2.82. The zero-order valence-electron chi connectivity index (χ0n) is 12.8. The summed E-state index contributed by atoms with van der Waals surface area (Å²) in [7, 11) is 1.53. The third-order valence-corrected chi connectivity index (χ3v) is 3.31. The molecule has 0 fully saturated rings. The number of carbonyl (C=O) groups excluding carboxylic acids is 1. The summed E-state index contributed by atoms with van der Waals surface area (Å²) in [4.78, 5) is 12.1. The van der Waals surface area contributed by atoms with Gasteiger partial charge in [-0.25, -0.2) is 5.43 Å². The van der Waals surface area contributed by atoms with Crippen molar-refractivity contribution in [2.24, 2.45) is 5.10 Å². The molecule has 5 nitrogen and oxygen atoms in total. The predicted molar refractivity (Wildman–Crippen MR) is 85.5 cm³/mol. The lowest BCUT2D eigenvalue weighted by Crippen LogP contribution is -2.20. The second-order valence-electron chi connectivity index (χ2n) is 4.84. The number of amides is 1. The third kappa shape index (κ3) is 3.44. The van der Waals surface area contributed by atoms with Crippen molar-refractivity contribution in [2.75, 3.05) is 7.11 Å². The first-order chi connectivity index (χ1) is 10.5. The average Bonchev–Trinajstić information content (AvgIpc) is 2.52. The highest BCUT2D eigenvalue weighted by atomic mass is 16.5. The van der Waals surface area contributed by atoms with Crippen LogP contribution in [-0.2, 0) is 0 Å². The van der Waals surface area contributed by atoms with E-state index in [0.29, 0.717) is 22.6 Å². The molecule has 0 saturated carbocycles. The van der Waals surface area contributed by atoms with Gasteiger partial charge in [-0.1, -0.05) is 18.2 Å². The van der Waals surface area contributed by atoms with Crippen molar-refractivity contribution in [1.82, 2.24) is 5.43 Å². The fourth-order valence-corrected chi connectivity index (χ4v) is 2.03. The van der Waals surface area contributed by atoms with Crippen LogP contribution in [-0.4, -0.2) is 23.8 Å². The minimum Gasteiger partial charge on any atom is -0.507 e. The second kappa shape index (κ2) is 6.76. The number of phenolic OH excluding ortho intramolecular Hbond substituents is 1. The lowest BCUT2D eigenvalue weighted by molar-refractivity contribution is 0.0954. The number of hydrogen-bond donors (Lipinski definition) is 2. The number of hydrogen-bond acceptors (Lipinski definition) is 4. The normalized spacial score (nSPS) is 11.1. The first-order valence-corrected chi connectivity index (χ1v) is 6.80. The molecule has 0 aromatic heterocycles. The van der Waals surface area contributed by atoms with E-state index in [4.69, 9.17) is 4.74 Å². The molecule has 2 aromatic rings. The lowest BCUT2D eigenvalue weighted by atomic mass is 10.1. The SMILES string of the molecule is COc1ccc(C(C)=NNC(=O)c2ccccc2C)c(O)c1. The summed E-state index contributed by atoms with van der Waals surface area (Å²) < 4.78 is 5.03. The van der Waals surface area contributed by atoms with Crippen LogP contribution >= 0.6 is 0 Å². The van der Waals surface area contributed by atoms with Gasteiger partial charge in [-0.3, -0.25) is 4.79 Å². The van der Waals surface area contributed by atoms with E-state index in [-0.39, 0.29) is 11.7 Å². The van der Waals surface area contributed by atoms with Crippen molar-refractivity contribution in [1.29, 1.82) is 0 Å². The van der Waals surface area contributed by atoms with Crippen LogP contribution in [0.2, 0.25) is 0 Å². The molecule has 0 radical (unpaired) electrons. The number of phenols is 1. The fraction of sp³-hybridized carbons (Fsp3) is 0.176.